The molecule has 0 aliphatic heterocycles. The molecule has 1 heterocycles. The van der Waals surface area contributed by atoms with Gasteiger partial charge in [0.2, 0.25) is 0 Å². The number of alkyl halides is 1. The first-order valence-corrected chi connectivity index (χ1v) is 5.98. The summed E-state index contributed by atoms with van der Waals surface area (Å²) >= 11 is 6.01. The number of imidazole rings is 1. The lowest BCUT2D eigenvalue weighted by atomic mass is 10.2. The Morgan fingerprint density at radius 1 is 1.53 bits per heavy atom. The smallest absolute Gasteiger partial charge is 0.109 e. The van der Waals surface area contributed by atoms with E-state index in [0.717, 1.165) is 38.2 Å². The average molecular weight is 230 g/mol. The predicted octanol–water partition coefficient (Wildman–Crippen LogP) is 1.96. The average Bonchev–Trinajstić information content (AvgIpc) is 2.63. The second kappa shape index (κ2) is 6.85. The summed E-state index contributed by atoms with van der Waals surface area (Å²) < 4.78 is 2.05. The molecule has 0 spiro atoms. The summed E-state index contributed by atoms with van der Waals surface area (Å²) in [5.74, 6) is 1.13. The van der Waals surface area contributed by atoms with Crippen molar-refractivity contribution in [2.45, 2.75) is 31.6 Å². The van der Waals surface area contributed by atoms with Gasteiger partial charge in [-0.25, -0.2) is 4.98 Å². The van der Waals surface area contributed by atoms with Crippen molar-refractivity contribution in [1.29, 1.82) is 0 Å². The largest absolute Gasteiger partial charge is 0.338 e. The molecule has 1 unspecified atom stereocenters. The van der Waals surface area contributed by atoms with E-state index in [-0.39, 0.29) is 0 Å². The molecule has 1 N–H and O–H groups in total. The number of nitrogens with one attached hydrogen (secondary N) is 1. The molecule has 1 aromatic heterocycles. The Labute approximate surface area is 96.8 Å². The SMILES string of the molecule is CCC(Cl)CCNCCc1nccn1C. The van der Waals surface area contributed by atoms with E-state index in [0.29, 0.717) is 5.38 Å². The number of aryl methyl sites for hydroxylation is 1. The van der Waals surface area contributed by atoms with Crippen LogP contribution in [0.3, 0.4) is 0 Å². The molecule has 1 aromatic rings. The molecule has 4 heteroatoms. The second-order valence-electron chi connectivity index (χ2n) is 3.75. The van der Waals surface area contributed by atoms with Gasteiger partial charge < -0.3 is 9.88 Å². The maximum absolute atomic E-state index is 6.01. The van der Waals surface area contributed by atoms with Gasteiger partial charge in [0.25, 0.3) is 0 Å². The van der Waals surface area contributed by atoms with E-state index in [9.17, 15) is 0 Å². The predicted molar refractivity (Wildman–Crippen MR) is 64.3 cm³/mol. The highest BCUT2D eigenvalue weighted by Gasteiger charge is 2.01. The van der Waals surface area contributed by atoms with Crippen LogP contribution in [-0.2, 0) is 13.5 Å². The highest BCUT2D eigenvalue weighted by atomic mass is 35.5. The van der Waals surface area contributed by atoms with Crippen LogP contribution in [0, 0.1) is 0 Å². The lowest BCUT2D eigenvalue weighted by Gasteiger charge is -2.07. The van der Waals surface area contributed by atoms with Gasteiger partial charge in [0, 0.05) is 37.8 Å². The highest BCUT2D eigenvalue weighted by Crippen LogP contribution is 2.04. The Morgan fingerprint density at radius 3 is 2.93 bits per heavy atom. The van der Waals surface area contributed by atoms with E-state index in [4.69, 9.17) is 11.6 Å². The van der Waals surface area contributed by atoms with Crippen LogP contribution in [0.4, 0.5) is 0 Å². The highest BCUT2D eigenvalue weighted by molar-refractivity contribution is 6.20. The molecular formula is C11H20ClN3. The van der Waals surface area contributed by atoms with Gasteiger partial charge in [-0.2, -0.15) is 0 Å². The van der Waals surface area contributed by atoms with Crippen LogP contribution in [0.5, 0.6) is 0 Å². The topological polar surface area (TPSA) is 29.9 Å². The molecule has 15 heavy (non-hydrogen) atoms. The van der Waals surface area contributed by atoms with Crippen LogP contribution in [0.25, 0.3) is 0 Å². The number of hydrogen-bond acceptors (Lipinski definition) is 2. The zero-order valence-electron chi connectivity index (χ0n) is 9.54. The van der Waals surface area contributed by atoms with Crippen LogP contribution in [0.2, 0.25) is 0 Å². The van der Waals surface area contributed by atoms with E-state index >= 15 is 0 Å². The van der Waals surface area contributed by atoms with Crippen molar-refractivity contribution in [3.8, 4) is 0 Å². The fourth-order valence-corrected chi connectivity index (χ4v) is 1.53. The Balaban J connectivity index is 2.05. The van der Waals surface area contributed by atoms with Gasteiger partial charge in [-0.15, -0.1) is 11.6 Å². The Hall–Kier alpha value is -0.540. The number of rotatable bonds is 7. The van der Waals surface area contributed by atoms with Crippen LogP contribution < -0.4 is 5.32 Å². The van der Waals surface area contributed by atoms with Crippen LogP contribution >= 0.6 is 11.6 Å². The Bertz CT molecular complexity index is 273. The van der Waals surface area contributed by atoms with Crippen LogP contribution in [0.1, 0.15) is 25.6 Å². The molecule has 0 aromatic carbocycles. The summed E-state index contributed by atoms with van der Waals surface area (Å²) in [6, 6.07) is 0. The monoisotopic (exact) mass is 229 g/mol. The molecule has 0 aliphatic carbocycles. The minimum atomic E-state index is 0.311. The van der Waals surface area contributed by atoms with Crippen LogP contribution in [-0.4, -0.2) is 28.0 Å². The molecule has 0 aliphatic rings. The van der Waals surface area contributed by atoms with Crippen molar-refractivity contribution in [3.05, 3.63) is 18.2 Å². The first kappa shape index (κ1) is 12.5. The third-order valence-corrected chi connectivity index (χ3v) is 3.05. The molecule has 86 valence electrons. The van der Waals surface area contributed by atoms with Gasteiger partial charge in [0.15, 0.2) is 0 Å². The zero-order valence-corrected chi connectivity index (χ0v) is 10.3. The summed E-state index contributed by atoms with van der Waals surface area (Å²) in [7, 11) is 2.02. The van der Waals surface area contributed by atoms with Gasteiger partial charge in [-0.05, 0) is 19.4 Å². The zero-order chi connectivity index (χ0) is 11.1. The van der Waals surface area contributed by atoms with E-state index < -0.39 is 0 Å². The van der Waals surface area contributed by atoms with Crippen molar-refractivity contribution in [1.82, 2.24) is 14.9 Å². The molecule has 0 saturated heterocycles. The molecule has 3 nitrogen and oxygen atoms in total. The van der Waals surface area contributed by atoms with Crippen molar-refractivity contribution in [3.63, 3.8) is 0 Å². The minimum Gasteiger partial charge on any atom is -0.338 e. The van der Waals surface area contributed by atoms with E-state index in [1.165, 1.54) is 0 Å². The standard InChI is InChI=1S/C11H20ClN3/c1-3-10(12)4-6-13-7-5-11-14-8-9-15(11)2/h8-10,13H,3-7H2,1-2H3. The van der Waals surface area contributed by atoms with Crippen molar-refractivity contribution >= 4 is 11.6 Å². The first-order valence-electron chi connectivity index (χ1n) is 5.55. The number of nitrogens with zero attached hydrogens (tertiary/aromatic N) is 2. The molecule has 1 rings (SSSR count). The molecular weight excluding hydrogens is 210 g/mol. The summed E-state index contributed by atoms with van der Waals surface area (Å²) in [6.07, 6.45) is 6.87. The van der Waals surface area contributed by atoms with Gasteiger partial charge >= 0.3 is 0 Å². The maximum atomic E-state index is 6.01. The summed E-state index contributed by atoms with van der Waals surface area (Å²) in [5.41, 5.74) is 0. The quantitative estimate of drug-likeness (QED) is 0.572. The summed E-state index contributed by atoms with van der Waals surface area (Å²) in [4.78, 5) is 4.26. The number of hydrogen-bond donors (Lipinski definition) is 1. The number of halogens is 1. The number of aromatic nitrogens is 2. The van der Waals surface area contributed by atoms with Gasteiger partial charge in [0.1, 0.15) is 5.82 Å². The molecule has 0 bridgehead atoms. The van der Waals surface area contributed by atoms with E-state index in [1.807, 2.05) is 19.4 Å². The molecule has 0 saturated carbocycles. The lowest BCUT2D eigenvalue weighted by Crippen LogP contribution is -2.21. The van der Waals surface area contributed by atoms with E-state index in [1.54, 1.807) is 0 Å². The summed E-state index contributed by atoms with van der Waals surface area (Å²) in [6.45, 7) is 4.08. The van der Waals surface area contributed by atoms with Gasteiger partial charge in [-0.1, -0.05) is 6.92 Å². The minimum absolute atomic E-state index is 0.311. The van der Waals surface area contributed by atoms with Crippen molar-refractivity contribution in [2.75, 3.05) is 13.1 Å². The summed E-state index contributed by atoms with van der Waals surface area (Å²) in [5, 5.41) is 3.69. The lowest BCUT2D eigenvalue weighted by molar-refractivity contribution is 0.608. The Morgan fingerprint density at radius 2 is 2.33 bits per heavy atom. The fraction of sp³-hybridized carbons (Fsp3) is 0.727. The van der Waals surface area contributed by atoms with Gasteiger partial charge in [-0.3, -0.25) is 0 Å². The third-order valence-electron chi connectivity index (χ3n) is 2.52. The van der Waals surface area contributed by atoms with Gasteiger partial charge in [0.05, 0.1) is 0 Å². The third kappa shape index (κ3) is 4.67. The molecule has 0 radical (unpaired) electrons. The van der Waals surface area contributed by atoms with E-state index in [2.05, 4.69) is 21.8 Å². The van der Waals surface area contributed by atoms with Crippen LogP contribution in [0.15, 0.2) is 12.4 Å². The molecule has 0 amide bonds. The molecule has 1 atom stereocenters. The first-order chi connectivity index (χ1) is 7.24. The Kier molecular flexibility index (Phi) is 5.73. The van der Waals surface area contributed by atoms with Crippen molar-refractivity contribution < 1.29 is 0 Å². The maximum Gasteiger partial charge on any atom is 0.109 e. The molecule has 0 fully saturated rings. The van der Waals surface area contributed by atoms with Crippen molar-refractivity contribution in [2.24, 2.45) is 7.05 Å². The second-order valence-corrected chi connectivity index (χ2v) is 4.37. The fourth-order valence-electron chi connectivity index (χ4n) is 1.43. The normalized spacial score (nSPS) is 13.0.